The van der Waals surface area contributed by atoms with Gasteiger partial charge in [-0.3, -0.25) is 4.79 Å². The Hall–Kier alpha value is -3.23. The van der Waals surface area contributed by atoms with Crippen molar-refractivity contribution >= 4 is 50.7 Å². The van der Waals surface area contributed by atoms with Crippen LogP contribution >= 0.6 is 22.7 Å². The largest absolute Gasteiger partial charge is 0.462 e. The molecule has 0 fully saturated rings. The summed E-state index contributed by atoms with van der Waals surface area (Å²) in [4.78, 5) is 32.3. The van der Waals surface area contributed by atoms with Crippen molar-refractivity contribution in [2.75, 3.05) is 6.61 Å². The van der Waals surface area contributed by atoms with Gasteiger partial charge in [-0.1, -0.05) is 23.5 Å². The summed E-state index contributed by atoms with van der Waals surface area (Å²) in [7, 11) is 0. The molecule has 6 nitrogen and oxygen atoms in total. The summed E-state index contributed by atoms with van der Waals surface area (Å²) in [5, 5.41) is 0.854. The molecule has 1 aromatic carbocycles. The highest BCUT2D eigenvalue weighted by Crippen LogP contribution is 2.34. The highest BCUT2D eigenvalue weighted by Gasteiger charge is 2.24. The van der Waals surface area contributed by atoms with Gasteiger partial charge in [0.05, 0.1) is 27.7 Å². The summed E-state index contributed by atoms with van der Waals surface area (Å²) in [6.45, 7) is 10.1. The lowest BCUT2D eigenvalue weighted by Gasteiger charge is -2.10. The molecule has 33 heavy (non-hydrogen) atoms. The number of hydrogen-bond acceptors (Lipinski definition) is 6. The van der Waals surface area contributed by atoms with E-state index in [9.17, 15) is 9.59 Å². The smallest absolute Gasteiger partial charge is 0.341 e. The van der Waals surface area contributed by atoms with Gasteiger partial charge in [-0.2, -0.15) is 0 Å². The summed E-state index contributed by atoms with van der Waals surface area (Å²) in [5.74, 6) is -0.305. The Morgan fingerprint density at radius 2 is 1.91 bits per heavy atom. The fourth-order valence-corrected chi connectivity index (χ4v) is 6.44. The Kier molecular flexibility index (Phi) is 5.22. The third-order valence-corrected chi connectivity index (χ3v) is 8.11. The van der Waals surface area contributed by atoms with Crippen molar-refractivity contribution in [2.45, 2.75) is 34.6 Å². The molecular formula is C25H23N3O3S2. The highest BCUT2D eigenvalue weighted by molar-refractivity contribution is 7.15. The molecule has 168 valence electrons. The van der Waals surface area contributed by atoms with Crippen molar-refractivity contribution in [3.63, 3.8) is 0 Å². The Labute approximate surface area is 198 Å². The standard InChI is InChI=1S/C25H23N3O3S2/c1-6-31-24(30)21-14(3)16(5)32-23(21)27-13(2)11-17(15(27)4)12-20-22(29)28-19-10-8-7-9-18(19)26-25(28)33-20/h7-12H,6H2,1-5H3/b20-12-. The predicted octanol–water partition coefficient (Wildman–Crippen LogP) is 4.72. The molecule has 4 heterocycles. The van der Waals surface area contributed by atoms with Crippen molar-refractivity contribution in [1.82, 2.24) is 14.0 Å². The topological polar surface area (TPSA) is 65.6 Å². The van der Waals surface area contributed by atoms with E-state index in [1.54, 1.807) is 15.7 Å². The average Bonchev–Trinajstić information content (AvgIpc) is 3.45. The maximum Gasteiger partial charge on any atom is 0.341 e. The fraction of sp³-hybridized carbons (Fsp3) is 0.240. The van der Waals surface area contributed by atoms with Crippen LogP contribution in [-0.4, -0.2) is 26.5 Å². The normalized spacial score (nSPS) is 12.3. The average molecular weight is 478 g/mol. The van der Waals surface area contributed by atoms with Crippen LogP contribution in [0.25, 0.3) is 27.1 Å². The number of aromatic nitrogens is 3. The maximum absolute atomic E-state index is 13.2. The van der Waals surface area contributed by atoms with Crippen LogP contribution in [0.3, 0.4) is 0 Å². The van der Waals surface area contributed by atoms with E-state index >= 15 is 0 Å². The lowest BCUT2D eigenvalue weighted by Crippen LogP contribution is -2.22. The van der Waals surface area contributed by atoms with Crippen molar-refractivity contribution in [3.8, 4) is 5.00 Å². The highest BCUT2D eigenvalue weighted by atomic mass is 32.1. The van der Waals surface area contributed by atoms with Gasteiger partial charge in [0, 0.05) is 16.3 Å². The van der Waals surface area contributed by atoms with Crippen LogP contribution in [0.15, 0.2) is 35.1 Å². The van der Waals surface area contributed by atoms with Gasteiger partial charge in [0.25, 0.3) is 5.56 Å². The van der Waals surface area contributed by atoms with E-state index in [-0.39, 0.29) is 11.5 Å². The second kappa shape index (κ2) is 7.97. The van der Waals surface area contributed by atoms with Gasteiger partial charge in [-0.05, 0) is 70.0 Å². The molecule has 0 radical (unpaired) electrons. The Bertz CT molecular complexity index is 1670. The number of aryl methyl sites for hydroxylation is 2. The summed E-state index contributed by atoms with van der Waals surface area (Å²) in [6.07, 6.45) is 1.92. The van der Waals surface area contributed by atoms with E-state index in [2.05, 4.69) is 15.6 Å². The molecule has 0 spiro atoms. The number of rotatable bonds is 4. The number of para-hydroxylation sites is 2. The van der Waals surface area contributed by atoms with Gasteiger partial charge in [0.15, 0.2) is 4.96 Å². The second-order valence-corrected chi connectivity index (χ2v) is 10.2. The first kappa shape index (κ1) is 21.6. The summed E-state index contributed by atoms with van der Waals surface area (Å²) in [6, 6.07) is 9.71. The maximum atomic E-state index is 13.2. The Balaban J connectivity index is 1.68. The summed E-state index contributed by atoms with van der Waals surface area (Å²) in [5.41, 5.74) is 6.03. The molecule has 0 amide bonds. The molecule has 0 N–H and O–H groups in total. The van der Waals surface area contributed by atoms with Gasteiger partial charge in [-0.25, -0.2) is 14.2 Å². The Morgan fingerprint density at radius 1 is 1.15 bits per heavy atom. The fourth-order valence-electron chi connectivity index (χ4n) is 4.21. The zero-order chi connectivity index (χ0) is 23.4. The first-order chi connectivity index (χ1) is 15.8. The van der Waals surface area contributed by atoms with Crippen LogP contribution in [0.1, 0.15) is 44.7 Å². The van der Waals surface area contributed by atoms with Crippen LogP contribution < -0.4 is 10.1 Å². The van der Waals surface area contributed by atoms with E-state index in [4.69, 9.17) is 4.74 Å². The molecule has 0 saturated heterocycles. The molecule has 0 aliphatic rings. The zero-order valence-corrected chi connectivity index (χ0v) is 20.7. The number of thiazole rings is 1. The zero-order valence-electron chi connectivity index (χ0n) is 19.1. The number of carbonyl (C=O) groups excluding carboxylic acids is 1. The molecule has 0 aliphatic carbocycles. The van der Waals surface area contributed by atoms with Crippen LogP contribution in [0.4, 0.5) is 0 Å². The number of thiophene rings is 1. The lowest BCUT2D eigenvalue weighted by molar-refractivity contribution is 0.0526. The molecule has 0 unspecified atom stereocenters. The molecule has 8 heteroatoms. The monoisotopic (exact) mass is 477 g/mol. The minimum absolute atomic E-state index is 0.0662. The molecule has 4 aromatic heterocycles. The molecular weight excluding hydrogens is 454 g/mol. The predicted molar refractivity (Wildman–Crippen MR) is 134 cm³/mol. The van der Waals surface area contributed by atoms with Crippen LogP contribution in [0.5, 0.6) is 0 Å². The minimum atomic E-state index is -0.305. The SMILES string of the molecule is CCOC(=O)c1c(-n2c(C)cc(/C=c3\sc4nc5ccccc5n4c3=O)c2C)sc(C)c1C. The van der Waals surface area contributed by atoms with Gasteiger partial charge in [0.1, 0.15) is 5.00 Å². The summed E-state index contributed by atoms with van der Waals surface area (Å²) < 4.78 is 9.73. The third kappa shape index (κ3) is 3.32. The third-order valence-electron chi connectivity index (χ3n) is 5.95. The van der Waals surface area contributed by atoms with E-state index in [0.29, 0.717) is 21.7 Å². The van der Waals surface area contributed by atoms with E-state index in [1.807, 2.05) is 65.0 Å². The van der Waals surface area contributed by atoms with Gasteiger partial charge in [0.2, 0.25) is 0 Å². The molecule has 0 saturated carbocycles. The summed E-state index contributed by atoms with van der Waals surface area (Å²) >= 11 is 2.97. The molecule has 0 bridgehead atoms. The first-order valence-corrected chi connectivity index (χ1v) is 12.3. The van der Waals surface area contributed by atoms with Crippen molar-refractivity contribution in [2.24, 2.45) is 0 Å². The molecule has 5 aromatic rings. The van der Waals surface area contributed by atoms with Crippen molar-refractivity contribution in [3.05, 3.63) is 78.2 Å². The van der Waals surface area contributed by atoms with Crippen LogP contribution in [0, 0.1) is 27.7 Å². The quantitative estimate of drug-likeness (QED) is 0.351. The molecule has 0 atom stereocenters. The minimum Gasteiger partial charge on any atom is -0.462 e. The van der Waals surface area contributed by atoms with E-state index in [0.717, 1.165) is 43.4 Å². The first-order valence-electron chi connectivity index (χ1n) is 10.7. The van der Waals surface area contributed by atoms with Crippen LogP contribution in [0.2, 0.25) is 0 Å². The van der Waals surface area contributed by atoms with Crippen molar-refractivity contribution in [1.29, 1.82) is 0 Å². The number of fused-ring (bicyclic) bond motifs is 3. The number of esters is 1. The van der Waals surface area contributed by atoms with E-state index in [1.165, 1.54) is 11.3 Å². The number of benzene rings is 1. The molecule has 5 rings (SSSR count). The van der Waals surface area contributed by atoms with Gasteiger partial charge < -0.3 is 9.30 Å². The van der Waals surface area contributed by atoms with Crippen molar-refractivity contribution < 1.29 is 9.53 Å². The number of imidazole rings is 1. The van der Waals surface area contributed by atoms with E-state index < -0.39 is 0 Å². The number of carbonyl (C=O) groups is 1. The second-order valence-electron chi connectivity index (χ2n) is 7.98. The number of nitrogens with zero attached hydrogens (tertiary/aromatic N) is 3. The number of hydrogen-bond donors (Lipinski definition) is 0. The van der Waals surface area contributed by atoms with Crippen LogP contribution in [-0.2, 0) is 4.74 Å². The van der Waals surface area contributed by atoms with Gasteiger partial charge >= 0.3 is 5.97 Å². The lowest BCUT2D eigenvalue weighted by atomic mass is 10.1. The van der Waals surface area contributed by atoms with Gasteiger partial charge in [-0.15, -0.1) is 11.3 Å². The number of ether oxygens (including phenoxy) is 1. The Morgan fingerprint density at radius 3 is 2.67 bits per heavy atom. The molecule has 0 aliphatic heterocycles.